The summed E-state index contributed by atoms with van der Waals surface area (Å²) in [5.41, 5.74) is 3.85. The zero-order valence-electron chi connectivity index (χ0n) is 21.7. The van der Waals surface area contributed by atoms with Crippen molar-refractivity contribution in [1.82, 2.24) is 19.4 Å². The minimum absolute atomic E-state index is 0.0884. The molecule has 1 aliphatic carbocycles. The van der Waals surface area contributed by atoms with E-state index in [0.717, 1.165) is 50.5 Å². The molecule has 0 radical (unpaired) electrons. The molecule has 1 saturated carbocycles. The Morgan fingerprint density at radius 3 is 2.49 bits per heavy atom. The zero-order chi connectivity index (χ0) is 25.4. The van der Waals surface area contributed by atoms with Gasteiger partial charge < -0.3 is 19.3 Å². The predicted octanol–water partition coefficient (Wildman–Crippen LogP) is 3.17. The van der Waals surface area contributed by atoms with Gasteiger partial charge in [0.2, 0.25) is 0 Å². The number of hydrogen-bond acceptors (Lipinski definition) is 7. The van der Waals surface area contributed by atoms with Crippen LogP contribution in [0.2, 0.25) is 0 Å². The number of rotatable bonds is 5. The molecule has 8 nitrogen and oxygen atoms in total. The highest BCUT2D eigenvalue weighted by atomic mass is 16.5. The standard InChI is InChI=1S/C29H37N5O3/c1-32-19-30-26-16-25(31-28(27(26)29(32)36)34-11-10-20(17-34)18-35)23-4-2-21(3-5-23)22-6-8-24(9-7-22)33-12-14-37-15-13-33/h2-5,16,19-20,22,24,35H,6-15,17-18H2,1H3/t20-,22?,24?/m0/s1. The first kappa shape index (κ1) is 24.5. The van der Waals surface area contributed by atoms with E-state index in [1.165, 1.54) is 35.8 Å². The van der Waals surface area contributed by atoms with E-state index in [9.17, 15) is 9.90 Å². The molecule has 0 spiro atoms. The summed E-state index contributed by atoms with van der Waals surface area (Å²) in [6, 6.07) is 11.5. The zero-order valence-corrected chi connectivity index (χ0v) is 21.7. The second kappa shape index (κ2) is 10.5. The number of fused-ring (bicyclic) bond motifs is 1. The number of anilines is 1. The fourth-order valence-corrected chi connectivity index (χ4v) is 6.40. The van der Waals surface area contributed by atoms with E-state index >= 15 is 0 Å². The molecule has 8 heteroatoms. The molecule has 0 unspecified atom stereocenters. The summed E-state index contributed by atoms with van der Waals surface area (Å²) in [7, 11) is 1.72. The van der Waals surface area contributed by atoms with Crippen molar-refractivity contribution in [1.29, 1.82) is 0 Å². The highest BCUT2D eigenvalue weighted by molar-refractivity contribution is 5.91. The molecule has 1 N–H and O–H groups in total. The van der Waals surface area contributed by atoms with Crippen molar-refractivity contribution < 1.29 is 9.84 Å². The molecule has 2 aliphatic heterocycles. The molecule has 1 aromatic carbocycles. The molecule has 6 rings (SSSR count). The van der Waals surface area contributed by atoms with E-state index in [1.807, 2.05) is 6.07 Å². The molecule has 3 aromatic rings. The van der Waals surface area contributed by atoms with Gasteiger partial charge in [-0.1, -0.05) is 24.3 Å². The summed E-state index contributed by atoms with van der Waals surface area (Å²) in [5.74, 6) is 1.50. The van der Waals surface area contributed by atoms with Crippen LogP contribution in [-0.4, -0.2) is 76.6 Å². The van der Waals surface area contributed by atoms with Crippen LogP contribution in [0.25, 0.3) is 22.2 Å². The molecular formula is C29H37N5O3. The molecule has 2 saturated heterocycles. The number of morpholine rings is 1. The van der Waals surface area contributed by atoms with Crippen LogP contribution in [0.4, 0.5) is 5.82 Å². The fraction of sp³-hybridized carbons (Fsp3) is 0.552. The van der Waals surface area contributed by atoms with E-state index in [4.69, 9.17) is 9.72 Å². The molecule has 196 valence electrons. The van der Waals surface area contributed by atoms with Gasteiger partial charge in [-0.05, 0) is 49.7 Å². The van der Waals surface area contributed by atoms with Gasteiger partial charge in [0.05, 0.1) is 30.8 Å². The third-order valence-electron chi connectivity index (χ3n) is 8.66. The van der Waals surface area contributed by atoms with Gasteiger partial charge in [-0.2, -0.15) is 0 Å². The predicted molar refractivity (Wildman–Crippen MR) is 145 cm³/mol. The van der Waals surface area contributed by atoms with Crippen molar-refractivity contribution in [2.45, 2.75) is 44.1 Å². The summed E-state index contributed by atoms with van der Waals surface area (Å²) in [6.45, 7) is 5.52. The molecular weight excluding hydrogens is 466 g/mol. The molecule has 2 aromatic heterocycles. The van der Waals surface area contributed by atoms with Gasteiger partial charge >= 0.3 is 0 Å². The minimum Gasteiger partial charge on any atom is -0.396 e. The summed E-state index contributed by atoms with van der Waals surface area (Å²) >= 11 is 0. The Balaban J connectivity index is 1.24. The normalized spacial score (nSPS) is 25.1. The second-order valence-corrected chi connectivity index (χ2v) is 10.9. The topological polar surface area (TPSA) is 83.7 Å². The lowest BCUT2D eigenvalue weighted by Crippen LogP contribution is -2.44. The summed E-state index contributed by atoms with van der Waals surface area (Å²) in [4.78, 5) is 27.4. The first-order chi connectivity index (χ1) is 18.1. The number of hydrogen-bond donors (Lipinski definition) is 1. The van der Waals surface area contributed by atoms with E-state index in [0.29, 0.717) is 35.2 Å². The minimum atomic E-state index is -0.0884. The van der Waals surface area contributed by atoms with Gasteiger partial charge in [0, 0.05) is 57.4 Å². The number of benzene rings is 1. The summed E-state index contributed by atoms with van der Waals surface area (Å²) in [6.07, 6.45) is 7.45. The highest BCUT2D eigenvalue weighted by Gasteiger charge is 2.28. The largest absolute Gasteiger partial charge is 0.396 e. The third-order valence-corrected chi connectivity index (χ3v) is 8.66. The molecule has 1 atom stereocenters. The average molecular weight is 504 g/mol. The Hall–Kier alpha value is -2.81. The van der Waals surface area contributed by atoms with Crippen LogP contribution < -0.4 is 10.5 Å². The number of aryl methyl sites for hydroxylation is 1. The van der Waals surface area contributed by atoms with Gasteiger partial charge in [0.25, 0.3) is 5.56 Å². The van der Waals surface area contributed by atoms with Crippen LogP contribution in [-0.2, 0) is 11.8 Å². The third kappa shape index (κ3) is 4.90. The van der Waals surface area contributed by atoms with E-state index in [1.54, 1.807) is 13.4 Å². The van der Waals surface area contributed by atoms with Crippen molar-refractivity contribution in [3.05, 3.63) is 52.6 Å². The lowest BCUT2D eigenvalue weighted by Gasteiger charge is -2.38. The van der Waals surface area contributed by atoms with Gasteiger partial charge in [-0.3, -0.25) is 9.69 Å². The lowest BCUT2D eigenvalue weighted by molar-refractivity contribution is 0.00730. The van der Waals surface area contributed by atoms with Crippen molar-refractivity contribution in [2.24, 2.45) is 13.0 Å². The van der Waals surface area contributed by atoms with Crippen LogP contribution in [0.3, 0.4) is 0 Å². The van der Waals surface area contributed by atoms with Crippen LogP contribution in [0.1, 0.15) is 43.6 Å². The maximum atomic E-state index is 13.0. The van der Waals surface area contributed by atoms with Crippen LogP contribution in [0, 0.1) is 5.92 Å². The molecule has 0 bridgehead atoms. The summed E-state index contributed by atoms with van der Waals surface area (Å²) < 4.78 is 7.04. The lowest BCUT2D eigenvalue weighted by atomic mass is 9.81. The maximum Gasteiger partial charge on any atom is 0.264 e. The summed E-state index contributed by atoms with van der Waals surface area (Å²) in [5, 5.41) is 10.2. The Kier molecular flexibility index (Phi) is 6.97. The van der Waals surface area contributed by atoms with Gasteiger partial charge in [-0.15, -0.1) is 0 Å². The maximum absolute atomic E-state index is 13.0. The Labute approximate surface area is 217 Å². The van der Waals surface area contributed by atoms with Gasteiger partial charge in [0.15, 0.2) is 0 Å². The van der Waals surface area contributed by atoms with Crippen LogP contribution in [0.5, 0.6) is 0 Å². The van der Waals surface area contributed by atoms with Crippen molar-refractivity contribution in [3.63, 3.8) is 0 Å². The van der Waals surface area contributed by atoms with E-state index in [2.05, 4.69) is 39.0 Å². The monoisotopic (exact) mass is 503 g/mol. The van der Waals surface area contributed by atoms with Gasteiger partial charge in [-0.25, -0.2) is 9.97 Å². The first-order valence-corrected chi connectivity index (χ1v) is 13.7. The molecule has 3 fully saturated rings. The molecule has 4 heterocycles. The van der Waals surface area contributed by atoms with Crippen LogP contribution in [0.15, 0.2) is 41.5 Å². The molecule has 3 aliphatic rings. The van der Waals surface area contributed by atoms with Gasteiger partial charge in [0.1, 0.15) is 11.2 Å². The number of ether oxygens (including phenoxy) is 1. The number of aliphatic hydroxyl groups is 1. The quantitative estimate of drug-likeness (QED) is 0.573. The number of aliphatic hydroxyl groups excluding tert-OH is 1. The molecule has 0 amide bonds. The van der Waals surface area contributed by atoms with Crippen molar-refractivity contribution in [2.75, 3.05) is 50.9 Å². The first-order valence-electron chi connectivity index (χ1n) is 13.7. The SMILES string of the molecule is Cn1cnc2cc(-c3ccc(C4CCC(N5CCOCC5)CC4)cc3)nc(N3CC[C@H](CO)C3)c2c1=O. The van der Waals surface area contributed by atoms with Crippen molar-refractivity contribution >= 4 is 16.7 Å². The molecule has 37 heavy (non-hydrogen) atoms. The average Bonchev–Trinajstić information content (AvgIpc) is 3.45. The Morgan fingerprint density at radius 1 is 1.03 bits per heavy atom. The Morgan fingerprint density at radius 2 is 1.78 bits per heavy atom. The number of aromatic nitrogens is 3. The smallest absolute Gasteiger partial charge is 0.264 e. The van der Waals surface area contributed by atoms with Crippen LogP contribution >= 0.6 is 0 Å². The van der Waals surface area contributed by atoms with Crippen molar-refractivity contribution in [3.8, 4) is 11.3 Å². The Bertz CT molecular complexity index is 1290. The van der Waals surface area contributed by atoms with E-state index in [-0.39, 0.29) is 18.1 Å². The van der Waals surface area contributed by atoms with E-state index < -0.39 is 0 Å². The number of pyridine rings is 1. The second-order valence-electron chi connectivity index (χ2n) is 10.9. The fourth-order valence-electron chi connectivity index (χ4n) is 6.40. The number of nitrogens with zero attached hydrogens (tertiary/aromatic N) is 5. The highest BCUT2D eigenvalue weighted by Crippen LogP contribution is 2.36.